The molecule has 0 saturated heterocycles. The van der Waals surface area contributed by atoms with E-state index in [4.69, 9.17) is 0 Å². The van der Waals surface area contributed by atoms with Gasteiger partial charge < -0.3 is 10.6 Å². The van der Waals surface area contributed by atoms with Gasteiger partial charge in [-0.2, -0.15) is 12.6 Å². The molecule has 1 amide bonds. The lowest BCUT2D eigenvalue weighted by Crippen LogP contribution is -2.45. The lowest BCUT2D eigenvalue weighted by molar-refractivity contribution is -0.122. The molecule has 0 radical (unpaired) electrons. The van der Waals surface area contributed by atoms with Crippen LogP contribution in [0.25, 0.3) is 0 Å². The zero-order valence-corrected chi connectivity index (χ0v) is 10.1. The standard InChI is InChI=1S/C10H22N2OS/c1-3-5-6-7-12-10(13)9(8-14)11-4-2/h9,11,14H,3-8H2,1-2H3,(H,12,13)/t9-/m1/s1. The first-order valence-electron chi connectivity index (χ1n) is 5.38. The zero-order valence-electron chi connectivity index (χ0n) is 9.18. The van der Waals surface area contributed by atoms with Crippen molar-refractivity contribution in [1.29, 1.82) is 0 Å². The minimum atomic E-state index is -0.148. The molecule has 1 atom stereocenters. The van der Waals surface area contributed by atoms with Crippen molar-refractivity contribution in [1.82, 2.24) is 10.6 Å². The summed E-state index contributed by atoms with van der Waals surface area (Å²) in [6.07, 6.45) is 3.42. The summed E-state index contributed by atoms with van der Waals surface area (Å²) < 4.78 is 0. The molecule has 0 unspecified atom stereocenters. The number of nitrogens with one attached hydrogen (secondary N) is 2. The third kappa shape index (κ3) is 6.27. The van der Waals surface area contributed by atoms with E-state index >= 15 is 0 Å². The first-order chi connectivity index (χ1) is 6.76. The zero-order chi connectivity index (χ0) is 10.8. The highest BCUT2D eigenvalue weighted by Crippen LogP contribution is 1.93. The maximum absolute atomic E-state index is 11.5. The molecule has 0 saturated carbocycles. The van der Waals surface area contributed by atoms with Gasteiger partial charge in [-0.25, -0.2) is 0 Å². The minimum Gasteiger partial charge on any atom is -0.355 e. The number of amides is 1. The van der Waals surface area contributed by atoms with Crippen molar-refractivity contribution in [2.45, 2.75) is 39.2 Å². The molecule has 2 N–H and O–H groups in total. The second-order valence-corrected chi connectivity index (χ2v) is 3.66. The van der Waals surface area contributed by atoms with Crippen molar-refractivity contribution in [3.63, 3.8) is 0 Å². The predicted octanol–water partition coefficient (Wildman–Crippen LogP) is 1.20. The summed E-state index contributed by atoms with van der Waals surface area (Å²) in [4.78, 5) is 11.5. The van der Waals surface area contributed by atoms with E-state index in [0.29, 0.717) is 5.75 Å². The van der Waals surface area contributed by atoms with Crippen molar-refractivity contribution in [3.05, 3.63) is 0 Å². The van der Waals surface area contributed by atoms with Crippen LogP contribution in [-0.4, -0.2) is 30.8 Å². The minimum absolute atomic E-state index is 0.0675. The molecule has 84 valence electrons. The van der Waals surface area contributed by atoms with Crippen LogP contribution in [0, 0.1) is 0 Å². The van der Waals surface area contributed by atoms with E-state index < -0.39 is 0 Å². The van der Waals surface area contributed by atoms with Crippen LogP contribution in [0.15, 0.2) is 0 Å². The average molecular weight is 218 g/mol. The second-order valence-electron chi connectivity index (χ2n) is 3.29. The number of likely N-dealkylation sites (N-methyl/N-ethyl adjacent to an activating group) is 1. The third-order valence-electron chi connectivity index (χ3n) is 2.03. The molecule has 0 rings (SSSR count). The quantitative estimate of drug-likeness (QED) is 0.423. The fourth-order valence-electron chi connectivity index (χ4n) is 1.20. The Morgan fingerprint density at radius 1 is 1.36 bits per heavy atom. The molecule has 0 aliphatic carbocycles. The van der Waals surface area contributed by atoms with E-state index in [-0.39, 0.29) is 11.9 Å². The van der Waals surface area contributed by atoms with Crippen molar-refractivity contribution < 1.29 is 4.79 Å². The molecule has 0 aromatic rings. The Labute approximate surface area is 92.4 Å². The monoisotopic (exact) mass is 218 g/mol. The smallest absolute Gasteiger partial charge is 0.237 e. The highest BCUT2D eigenvalue weighted by molar-refractivity contribution is 7.80. The summed E-state index contributed by atoms with van der Waals surface area (Å²) in [6, 6.07) is -0.148. The molecule has 0 heterocycles. The van der Waals surface area contributed by atoms with Crippen LogP contribution in [-0.2, 0) is 4.79 Å². The number of carbonyl (C=O) groups excluding carboxylic acids is 1. The maximum Gasteiger partial charge on any atom is 0.237 e. The molecule has 3 nitrogen and oxygen atoms in total. The van der Waals surface area contributed by atoms with Gasteiger partial charge in [0.15, 0.2) is 0 Å². The van der Waals surface area contributed by atoms with Gasteiger partial charge in [0, 0.05) is 12.3 Å². The molecule has 0 spiro atoms. The van der Waals surface area contributed by atoms with Gasteiger partial charge in [0.1, 0.15) is 0 Å². The van der Waals surface area contributed by atoms with E-state index in [9.17, 15) is 4.79 Å². The van der Waals surface area contributed by atoms with Gasteiger partial charge in [-0.05, 0) is 13.0 Å². The second kappa shape index (κ2) is 9.34. The Morgan fingerprint density at radius 2 is 2.07 bits per heavy atom. The van der Waals surface area contributed by atoms with Crippen molar-refractivity contribution in [2.24, 2.45) is 0 Å². The summed E-state index contributed by atoms with van der Waals surface area (Å²) in [5, 5.41) is 5.99. The van der Waals surface area contributed by atoms with Crippen molar-refractivity contribution in [3.8, 4) is 0 Å². The Kier molecular flexibility index (Phi) is 9.19. The summed E-state index contributed by atoms with van der Waals surface area (Å²) in [7, 11) is 0. The Bertz CT molecular complexity index is 153. The maximum atomic E-state index is 11.5. The SMILES string of the molecule is CCCCCNC(=O)[C@@H](CS)NCC. The van der Waals surface area contributed by atoms with E-state index in [1.54, 1.807) is 0 Å². The summed E-state index contributed by atoms with van der Waals surface area (Å²) in [5.41, 5.74) is 0. The molecule has 0 fully saturated rings. The normalized spacial score (nSPS) is 12.5. The van der Waals surface area contributed by atoms with E-state index in [1.165, 1.54) is 12.8 Å². The van der Waals surface area contributed by atoms with Crippen molar-refractivity contribution in [2.75, 3.05) is 18.8 Å². The van der Waals surface area contributed by atoms with Gasteiger partial charge in [-0.15, -0.1) is 0 Å². The van der Waals surface area contributed by atoms with Gasteiger partial charge in [-0.3, -0.25) is 4.79 Å². The van der Waals surface area contributed by atoms with Crippen LogP contribution in [0.2, 0.25) is 0 Å². The van der Waals surface area contributed by atoms with Crippen LogP contribution in [0.4, 0.5) is 0 Å². The Balaban J connectivity index is 3.58. The lowest BCUT2D eigenvalue weighted by Gasteiger charge is -2.14. The molecule has 4 heteroatoms. The summed E-state index contributed by atoms with van der Waals surface area (Å²) in [5.74, 6) is 0.617. The Morgan fingerprint density at radius 3 is 2.57 bits per heavy atom. The van der Waals surface area contributed by atoms with Crippen LogP contribution >= 0.6 is 12.6 Å². The van der Waals surface area contributed by atoms with E-state index in [2.05, 4.69) is 30.2 Å². The average Bonchev–Trinajstić information content (AvgIpc) is 2.20. The summed E-state index contributed by atoms with van der Waals surface area (Å²) >= 11 is 4.13. The van der Waals surface area contributed by atoms with E-state index in [0.717, 1.165) is 19.5 Å². The molecule has 0 bridgehead atoms. The molecule has 0 aromatic carbocycles. The van der Waals surface area contributed by atoms with Crippen LogP contribution in [0.5, 0.6) is 0 Å². The fourth-order valence-corrected chi connectivity index (χ4v) is 1.49. The number of rotatable bonds is 8. The predicted molar refractivity (Wildman–Crippen MR) is 63.9 cm³/mol. The van der Waals surface area contributed by atoms with Gasteiger partial charge in [0.05, 0.1) is 6.04 Å². The largest absolute Gasteiger partial charge is 0.355 e. The fraction of sp³-hybridized carbons (Fsp3) is 0.900. The molecule has 0 aliphatic heterocycles. The Hall–Kier alpha value is -0.220. The number of hydrogen-bond donors (Lipinski definition) is 3. The molecular weight excluding hydrogens is 196 g/mol. The van der Waals surface area contributed by atoms with Gasteiger partial charge in [0.2, 0.25) is 5.91 Å². The first kappa shape index (κ1) is 13.8. The van der Waals surface area contributed by atoms with Gasteiger partial charge >= 0.3 is 0 Å². The highest BCUT2D eigenvalue weighted by Gasteiger charge is 2.13. The van der Waals surface area contributed by atoms with Gasteiger partial charge in [-0.1, -0.05) is 26.7 Å². The highest BCUT2D eigenvalue weighted by atomic mass is 32.1. The van der Waals surface area contributed by atoms with E-state index in [1.807, 2.05) is 6.92 Å². The van der Waals surface area contributed by atoms with Crippen LogP contribution < -0.4 is 10.6 Å². The van der Waals surface area contributed by atoms with Crippen molar-refractivity contribution >= 4 is 18.5 Å². The molecule has 0 aromatic heterocycles. The third-order valence-corrected chi connectivity index (χ3v) is 2.39. The lowest BCUT2D eigenvalue weighted by atomic mass is 10.2. The topological polar surface area (TPSA) is 41.1 Å². The number of unbranched alkanes of at least 4 members (excludes halogenated alkanes) is 2. The van der Waals surface area contributed by atoms with Gasteiger partial charge in [0.25, 0.3) is 0 Å². The number of carbonyl (C=O) groups is 1. The van der Waals surface area contributed by atoms with Crippen LogP contribution in [0.1, 0.15) is 33.1 Å². The number of thiol groups is 1. The molecular formula is C10H22N2OS. The van der Waals surface area contributed by atoms with Crippen LogP contribution in [0.3, 0.4) is 0 Å². The first-order valence-corrected chi connectivity index (χ1v) is 6.01. The summed E-state index contributed by atoms with van der Waals surface area (Å²) in [6.45, 7) is 5.72. The number of hydrogen-bond acceptors (Lipinski definition) is 3. The molecule has 0 aliphatic rings. The molecule has 14 heavy (non-hydrogen) atoms.